The zero-order valence-corrected chi connectivity index (χ0v) is 13.7. The molecule has 0 spiro atoms. The first kappa shape index (κ1) is 17.5. The summed E-state index contributed by atoms with van der Waals surface area (Å²) in [7, 11) is 0. The number of ketones is 1. The highest BCUT2D eigenvalue weighted by atomic mass is 19.1. The van der Waals surface area contributed by atoms with Gasteiger partial charge < -0.3 is 10.6 Å². The van der Waals surface area contributed by atoms with Gasteiger partial charge in [0.25, 0.3) is 0 Å². The molecule has 1 aromatic rings. The van der Waals surface area contributed by atoms with Gasteiger partial charge in [-0.15, -0.1) is 0 Å². The molecule has 23 heavy (non-hydrogen) atoms. The van der Waals surface area contributed by atoms with Crippen LogP contribution in [0.5, 0.6) is 0 Å². The number of nitrogens with zero attached hydrogens (tertiary/aromatic N) is 2. The minimum atomic E-state index is -0.568. The number of amides is 1. The van der Waals surface area contributed by atoms with Crippen molar-refractivity contribution >= 4 is 11.7 Å². The van der Waals surface area contributed by atoms with Gasteiger partial charge >= 0.3 is 0 Å². The summed E-state index contributed by atoms with van der Waals surface area (Å²) in [6.07, 6.45) is 4.51. The molecule has 126 valence electrons. The SMILES string of the molecule is CC(CC(=O)c1ccncc1F)C1CCN(C(=O)[C@H](C)N)CC1. The number of hydrogen-bond acceptors (Lipinski definition) is 4. The maximum absolute atomic E-state index is 13.6. The molecule has 2 rings (SSSR count). The summed E-state index contributed by atoms with van der Waals surface area (Å²) in [6.45, 7) is 5.06. The molecule has 2 atom stereocenters. The van der Waals surface area contributed by atoms with Gasteiger partial charge in [-0.1, -0.05) is 6.92 Å². The standard InChI is InChI=1S/C17H24FN3O2/c1-11(9-16(22)14-3-6-20-10-15(14)18)13-4-7-21(8-5-13)17(23)12(2)19/h3,6,10-13H,4-5,7-9,19H2,1-2H3/t11?,12-/m0/s1. The number of rotatable bonds is 5. The predicted octanol–water partition coefficient (Wildman–Crippen LogP) is 2.02. The molecule has 1 saturated heterocycles. The number of aromatic nitrogens is 1. The quantitative estimate of drug-likeness (QED) is 0.842. The van der Waals surface area contributed by atoms with E-state index in [4.69, 9.17) is 5.73 Å². The highest BCUT2D eigenvalue weighted by Gasteiger charge is 2.28. The van der Waals surface area contributed by atoms with E-state index in [0.717, 1.165) is 19.0 Å². The molecular formula is C17H24FN3O2. The molecule has 1 aliphatic rings. The van der Waals surface area contributed by atoms with Crippen molar-refractivity contribution in [3.05, 3.63) is 29.8 Å². The van der Waals surface area contributed by atoms with Crippen LogP contribution in [0.2, 0.25) is 0 Å². The molecular weight excluding hydrogens is 297 g/mol. The Hall–Kier alpha value is -1.82. The van der Waals surface area contributed by atoms with E-state index in [9.17, 15) is 14.0 Å². The topological polar surface area (TPSA) is 76.3 Å². The summed E-state index contributed by atoms with van der Waals surface area (Å²) < 4.78 is 13.6. The molecule has 0 saturated carbocycles. The van der Waals surface area contributed by atoms with E-state index >= 15 is 0 Å². The highest BCUT2D eigenvalue weighted by molar-refractivity contribution is 5.96. The molecule has 1 amide bonds. The van der Waals surface area contributed by atoms with Crippen LogP contribution < -0.4 is 5.73 Å². The number of pyridine rings is 1. The maximum Gasteiger partial charge on any atom is 0.239 e. The van der Waals surface area contributed by atoms with Gasteiger partial charge in [0, 0.05) is 25.7 Å². The largest absolute Gasteiger partial charge is 0.341 e. The van der Waals surface area contributed by atoms with E-state index in [0.29, 0.717) is 25.4 Å². The fourth-order valence-electron chi connectivity index (χ4n) is 3.15. The molecule has 1 unspecified atom stereocenters. The van der Waals surface area contributed by atoms with Crippen molar-refractivity contribution in [2.24, 2.45) is 17.6 Å². The van der Waals surface area contributed by atoms with Crippen LogP contribution in [0.25, 0.3) is 0 Å². The van der Waals surface area contributed by atoms with Crippen LogP contribution in [0.1, 0.15) is 43.5 Å². The van der Waals surface area contributed by atoms with Crippen LogP contribution in [0, 0.1) is 17.7 Å². The van der Waals surface area contributed by atoms with Gasteiger partial charge in [0.05, 0.1) is 17.8 Å². The zero-order chi connectivity index (χ0) is 17.0. The van der Waals surface area contributed by atoms with Crippen molar-refractivity contribution in [1.82, 2.24) is 9.88 Å². The van der Waals surface area contributed by atoms with Crippen LogP contribution >= 0.6 is 0 Å². The normalized spacial score (nSPS) is 18.5. The van der Waals surface area contributed by atoms with Gasteiger partial charge in [-0.2, -0.15) is 0 Å². The van der Waals surface area contributed by atoms with Gasteiger partial charge in [-0.25, -0.2) is 4.39 Å². The lowest BCUT2D eigenvalue weighted by Crippen LogP contribution is -2.46. The number of likely N-dealkylation sites (tertiary alicyclic amines) is 1. The van der Waals surface area contributed by atoms with Crippen LogP contribution in [0.15, 0.2) is 18.5 Å². The molecule has 2 N–H and O–H groups in total. The Balaban J connectivity index is 1.88. The van der Waals surface area contributed by atoms with E-state index in [-0.39, 0.29) is 23.2 Å². The Morgan fingerprint density at radius 2 is 2.04 bits per heavy atom. The lowest BCUT2D eigenvalue weighted by Gasteiger charge is -2.35. The number of carbonyl (C=O) groups is 2. The van der Waals surface area contributed by atoms with Crippen molar-refractivity contribution < 1.29 is 14.0 Å². The summed E-state index contributed by atoms with van der Waals surface area (Å²) in [5, 5.41) is 0. The van der Waals surface area contributed by atoms with Crippen molar-refractivity contribution in [2.45, 2.75) is 39.2 Å². The van der Waals surface area contributed by atoms with Crippen molar-refractivity contribution in [3.8, 4) is 0 Å². The maximum atomic E-state index is 13.6. The van der Waals surface area contributed by atoms with Gasteiger partial charge in [-0.3, -0.25) is 14.6 Å². The summed E-state index contributed by atoms with van der Waals surface area (Å²) in [6, 6.07) is 0.953. The number of carbonyl (C=O) groups excluding carboxylic acids is 2. The molecule has 0 bridgehead atoms. The van der Waals surface area contributed by atoms with Crippen LogP contribution in [0.4, 0.5) is 4.39 Å². The lowest BCUT2D eigenvalue weighted by atomic mass is 9.82. The molecule has 6 heteroatoms. The Morgan fingerprint density at radius 3 is 2.61 bits per heavy atom. The average Bonchev–Trinajstić information content (AvgIpc) is 2.54. The third-order valence-electron chi connectivity index (χ3n) is 4.63. The second-order valence-electron chi connectivity index (χ2n) is 6.41. The summed E-state index contributed by atoms with van der Waals surface area (Å²) in [5.41, 5.74) is 5.74. The second kappa shape index (κ2) is 7.64. The Labute approximate surface area is 136 Å². The van der Waals surface area contributed by atoms with E-state index in [1.54, 1.807) is 11.8 Å². The summed E-state index contributed by atoms with van der Waals surface area (Å²) in [4.78, 5) is 29.6. The molecule has 5 nitrogen and oxygen atoms in total. The van der Waals surface area contributed by atoms with E-state index < -0.39 is 11.9 Å². The number of halogens is 1. The van der Waals surface area contributed by atoms with E-state index in [2.05, 4.69) is 4.98 Å². The molecule has 0 radical (unpaired) electrons. The molecule has 1 fully saturated rings. The fraction of sp³-hybridized carbons (Fsp3) is 0.588. The zero-order valence-electron chi connectivity index (χ0n) is 13.7. The van der Waals surface area contributed by atoms with Gasteiger partial charge in [-0.05, 0) is 37.7 Å². The third-order valence-corrected chi connectivity index (χ3v) is 4.63. The van der Waals surface area contributed by atoms with Gasteiger partial charge in [0.1, 0.15) is 0 Å². The smallest absolute Gasteiger partial charge is 0.239 e. The third kappa shape index (κ3) is 4.34. The monoisotopic (exact) mass is 321 g/mol. The number of nitrogens with two attached hydrogens (primary N) is 1. The first-order valence-electron chi connectivity index (χ1n) is 8.07. The summed E-state index contributed by atoms with van der Waals surface area (Å²) in [5.74, 6) is -0.261. The molecule has 2 heterocycles. The van der Waals surface area contributed by atoms with Gasteiger partial charge in [0.2, 0.25) is 5.91 Å². The minimum absolute atomic E-state index is 0.0222. The second-order valence-corrected chi connectivity index (χ2v) is 6.41. The average molecular weight is 321 g/mol. The minimum Gasteiger partial charge on any atom is -0.341 e. The predicted molar refractivity (Wildman–Crippen MR) is 85.3 cm³/mol. The van der Waals surface area contributed by atoms with Crippen molar-refractivity contribution in [3.63, 3.8) is 0 Å². The lowest BCUT2D eigenvalue weighted by molar-refractivity contribution is -0.133. The number of hydrogen-bond donors (Lipinski definition) is 1. The highest BCUT2D eigenvalue weighted by Crippen LogP contribution is 2.28. The first-order chi connectivity index (χ1) is 10.9. The Bertz CT molecular complexity index is 569. The van der Waals surface area contributed by atoms with Crippen molar-refractivity contribution in [2.75, 3.05) is 13.1 Å². The number of Topliss-reactive ketones (excluding diaryl/α,β-unsaturated/α-hetero) is 1. The number of piperidine rings is 1. The van der Waals surface area contributed by atoms with Crippen LogP contribution in [0.3, 0.4) is 0 Å². The summed E-state index contributed by atoms with van der Waals surface area (Å²) >= 11 is 0. The Kier molecular flexibility index (Phi) is 5.82. The van der Waals surface area contributed by atoms with Gasteiger partial charge in [0.15, 0.2) is 11.6 Å². The van der Waals surface area contributed by atoms with Crippen molar-refractivity contribution in [1.29, 1.82) is 0 Å². The van der Waals surface area contributed by atoms with E-state index in [1.165, 1.54) is 12.3 Å². The Morgan fingerprint density at radius 1 is 1.39 bits per heavy atom. The fourth-order valence-corrected chi connectivity index (χ4v) is 3.15. The molecule has 0 aromatic carbocycles. The van der Waals surface area contributed by atoms with E-state index in [1.807, 2.05) is 6.92 Å². The molecule has 1 aliphatic heterocycles. The first-order valence-corrected chi connectivity index (χ1v) is 8.07. The molecule has 1 aromatic heterocycles. The van der Waals surface area contributed by atoms with Crippen LogP contribution in [-0.2, 0) is 4.79 Å². The van der Waals surface area contributed by atoms with Crippen LogP contribution in [-0.4, -0.2) is 40.7 Å². The molecule has 0 aliphatic carbocycles.